The largest absolute Gasteiger partial charge is 0.379 e. The first-order valence-electron chi connectivity index (χ1n) is 6.40. The number of hydrogen-bond donors (Lipinski definition) is 1. The molecule has 2 rings (SSSR count). The van der Waals surface area contributed by atoms with E-state index < -0.39 is 5.41 Å². The zero-order valence-corrected chi connectivity index (χ0v) is 11.2. The van der Waals surface area contributed by atoms with Crippen LogP contribution < -0.4 is 10.6 Å². The lowest BCUT2D eigenvalue weighted by Gasteiger charge is -2.32. The summed E-state index contributed by atoms with van der Waals surface area (Å²) in [5, 5.41) is 0. The monoisotopic (exact) mass is 266 g/mol. The van der Waals surface area contributed by atoms with Gasteiger partial charge in [-0.05, 0) is 32.0 Å². The van der Waals surface area contributed by atoms with E-state index in [1.54, 1.807) is 24.0 Å². The lowest BCUT2D eigenvalue weighted by Crippen LogP contribution is -2.51. The topological polar surface area (TPSA) is 55.6 Å². The lowest BCUT2D eigenvalue weighted by atomic mass is 9.84. The Kier molecular flexibility index (Phi) is 3.87. The number of rotatable bonds is 3. The maximum atomic E-state index is 13.3. The Morgan fingerprint density at radius 1 is 1.63 bits per heavy atom. The van der Waals surface area contributed by atoms with Gasteiger partial charge in [0.05, 0.1) is 18.6 Å². The highest BCUT2D eigenvalue weighted by molar-refractivity contribution is 5.98. The van der Waals surface area contributed by atoms with Crippen LogP contribution in [0.3, 0.4) is 0 Å². The molecule has 1 fully saturated rings. The maximum absolute atomic E-state index is 13.3. The molecule has 1 saturated heterocycles. The van der Waals surface area contributed by atoms with Crippen molar-refractivity contribution >= 4 is 11.6 Å². The first kappa shape index (κ1) is 14.0. The summed E-state index contributed by atoms with van der Waals surface area (Å²) in [5.74, 6) is -0.480. The van der Waals surface area contributed by atoms with Crippen molar-refractivity contribution in [1.29, 1.82) is 0 Å². The van der Waals surface area contributed by atoms with Gasteiger partial charge in [-0.2, -0.15) is 0 Å². The Morgan fingerprint density at radius 3 is 2.89 bits per heavy atom. The molecule has 0 aliphatic carbocycles. The van der Waals surface area contributed by atoms with E-state index in [1.807, 2.05) is 6.92 Å². The first-order valence-corrected chi connectivity index (χ1v) is 6.40. The number of benzene rings is 1. The minimum atomic E-state index is -0.748. The lowest BCUT2D eigenvalue weighted by molar-refractivity contribution is -0.127. The minimum absolute atomic E-state index is 0.120. The zero-order chi connectivity index (χ0) is 14.0. The van der Waals surface area contributed by atoms with E-state index in [0.717, 1.165) is 0 Å². The van der Waals surface area contributed by atoms with Gasteiger partial charge in [0.2, 0.25) is 5.91 Å². The molecule has 19 heavy (non-hydrogen) atoms. The SMILES string of the molecule is CCN(C(=O)C1(C)COCC1N)c1cccc(F)c1. The molecule has 1 heterocycles. The van der Waals surface area contributed by atoms with Gasteiger partial charge in [-0.3, -0.25) is 4.79 Å². The molecular formula is C14H19FN2O2. The van der Waals surface area contributed by atoms with E-state index in [1.165, 1.54) is 12.1 Å². The summed E-state index contributed by atoms with van der Waals surface area (Å²) in [5.41, 5.74) is 5.77. The van der Waals surface area contributed by atoms with Crippen LogP contribution in [0.1, 0.15) is 13.8 Å². The van der Waals surface area contributed by atoms with Crippen LogP contribution in [0.25, 0.3) is 0 Å². The third kappa shape index (κ3) is 2.48. The average Bonchev–Trinajstić information content (AvgIpc) is 2.72. The molecule has 1 amide bonds. The minimum Gasteiger partial charge on any atom is -0.379 e. The smallest absolute Gasteiger partial charge is 0.236 e. The van der Waals surface area contributed by atoms with Crippen molar-refractivity contribution in [3.05, 3.63) is 30.1 Å². The van der Waals surface area contributed by atoms with E-state index in [-0.39, 0.29) is 17.8 Å². The second-order valence-electron chi connectivity index (χ2n) is 5.07. The molecular weight excluding hydrogens is 247 g/mol. The number of anilines is 1. The van der Waals surface area contributed by atoms with Gasteiger partial charge >= 0.3 is 0 Å². The summed E-state index contributed by atoms with van der Waals surface area (Å²) in [7, 11) is 0. The quantitative estimate of drug-likeness (QED) is 0.903. The van der Waals surface area contributed by atoms with Crippen molar-refractivity contribution in [2.45, 2.75) is 19.9 Å². The molecule has 2 atom stereocenters. The molecule has 0 aromatic heterocycles. The van der Waals surface area contributed by atoms with Gasteiger partial charge in [0.1, 0.15) is 5.82 Å². The Hall–Kier alpha value is -1.46. The third-order valence-corrected chi connectivity index (χ3v) is 3.69. The summed E-state index contributed by atoms with van der Waals surface area (Å²) in [6, 6.07) is 5.69. The fraction of sp³-hybridized carbons (Fsp3) is 0.500. The number of ether oxygens (including phenoxy) is 1. The highest BCUT2D eigenvalue weighted by Gasteiger charge is 2.46. The molecule has 0 spiro atoms. The molecule has 0 bridgehead atoms. The average molecular weight is 266 g/mol. The predicted molar refractivity (Wildman–Crippen MR) is 71.3 cm³/mol. The number of nitrogens with two attached hydrogens (primary N) is 1. The Labute approximate surface area is 112 Å². The molecule has 4 nitrogen and oxygen atoms in total. The van der Waals surface area contributed by atoms with E-state index in [9.17, 15) is 9.18 Å². The standard InChI is InChI=1S/C14H19FN2O2/c1-3-17(11-6-4-5-10(15)7-11)13(18)14(2)9-19-8-12(14)16/h4-7,12H,3,8-9,16H2,1-2H3. The van der Waals surface area contributed by atoms with E-state index in [0.29, 0.717) is 25.4 Å². The number of carbonyl (C=O) groups excluding carboxylic acids is 1. The van der Waals surface area contributed by atoms with Crippen molar-refractivity contribution in [2.24, 2.45) is 11.1 Å². The molecule has 5 heteroatoms. The summed E-state index contributed by atoms with van der Waals surface area (Å²) < 4.78 is 18.6. The summed E-state index contributed by atoms with van der Waals surface area (Å²) >= 11 is 0. The van der Waals surface area contributed by atoms with Crippen LogP contribution in [-0.4, -0.2) is 31.7 Å². The van der Waals surface area contributed by atoms with Crippen molar-refractivity contribution < 1.29 is 13.9 Å². The zero-order valence-electron chi connectivity index (χ0n) is 11.2. The van der Waals surface area contributed by atoms with Crippen LogP contribution >= 0.6 is 0 Å². The Balaban J connectivity index is 2.30. The fourth-order valence-corrected chi connectivity index (χ4v) is 2.30. The molecule has 0 saturated carbocycles. The number of amides is 1. The molecule has 1 aromatic rings. The van der Waals surface area contributed by atoms with Crippen LogP contribution in [0.15, 0.2) is 24.3 Å². The van der Waals surface area contributed by atoms with Crippen molar-refractivity contribution in [1.82, 2.24) is 0 Å². The highest BCUT2D eigenvalue weighted by atomic mass is 19.1. The molecule has 1 aliphatic heterocycles. The number of carbonyl (C=O) groups is 1. The number of nitrogens with zero attached hydrogens (tertiary/aromatic N) is 1. The fourth-order valence-electron chi connectivity index (χ4n) is 2.30. The molecule has 0 radical (unpaired) electrons. The second-order valence-corrected chi connectivity index (χ2v) is 5.07. The summed E-state index contributed by atoms with van der Waals surface area (Å²) in [6.45, 7) is 4.80. The van der Waals surface area contributed by atoms with Crippen LogP contribution in [0.2, 0.25) is 0 Å². The molecule has 2 N–H and O–H groups in total. The predicted octanol–water partition coefficient (Wildman–Crippen LogP) is 1.54. The van der Waals surface area contributed by atoms with Crippen molar-refractivity contribution in [2.75, 3.05) is 24.7 Å². The molecule has 1 aliphatic rings. The summed E-state index contributed by atoms with van der Waals surface area (Å²) in [4.78, 5) is 14.2. The number of halogens is 1. The van der Waals surface area contributed by atoms with Crippen molar-refractivity contribution in [3.63, 3.8) is 0 Å². The van der Waals surface area contributed by atoms with Gasteiger partial charge in [0, 0.05) is 18.3 Å². The molecule has 104 valence electrons. The Bertz CT molecular complexity index is 480. The molecule has 2 unspecified atom stereocenters. The van der Waals surface area contributed by atoms with Crippen molar-refractivity contribution in [3.8, 4) is 0 Å². The van der Waals surface area contributed by atoms with E-state index in [4.69, 9.17) is 10.5 Å². The van der Waals surface area contributed by atoms with Crippen LogP contribution in [-0.2, 0) is 9.53 Å². The van der Waals surface area contributed by atoms with Gasteiger partial charge in [-0.1, -0.05) is 6.07 Å². The van der Waals surface area contributed by atoms with E-state index >= 15 is 0 Å². The van der Waals surface area contributed by atoms with Gasteiger partial charge < -0.3 is 15.4 Å². The van der Waals surface area contributed by atoms with Crippen LogP contribution in [0, 0.1) is 11.2 Å². The number of hydrogen-bond acceptors (Lipinski definition) is 3. The van der Waals surface area contributed by atoms with Crippen LogP contribution in [0.4, 0.5) is 10.1 Å². The summed E-state index contributed by atoms with van der Waals surface area (Å²) in [6.07, 6.45) is 0. The van der Waals surface area contributed by atoms with Gasteiger partial charge in [0.25, 0.3) is 0 Å². The Morgan fingerprint density at radius 2 is 2.37 bits per heavy atom. The van der Waals surface area contributed by atoms with E-state index in [2.05, 4.69) is 0 Å². The maximum Gasteiger partial charge on any atom is 0.236 e. The van der Waals surface area contributed by atoms with Crippen LogP contribution in [0.5, 0.6) is 0 Å². The van der Waals surface area contributed by atoms with Gasteiger partial charge in [-0.15, -0.1) is 0 Å². The third-order valence-electron chi connectivity index (χ3n) is 3.69. The first-order chi connectivity index (χ1) is 8.99. The van der Waals surface area contributed by atoms with Gasteiger partial charge in [-0.25, -0.2) is 4.39 Å². The van der Waals surface area contributed by atoms with Gasteiger partial charge in [0.15, 0.2) is 0 Å². The molecule has 1 aromatic carbocycles. The normalized spacial score (nSPS) is 26.4. The second kappa shape index (κ2) is 5.27. The highest BCUT2D eigenvalue weighted by Crippen LogP contribution is 2.31.